The van der Waals surface area contributed by atoms with Gasteiger partial charge in [-0.1, -0.05) is 0 Å². The lowest BCUT2D eigenvalue weighted by atomic mass is 10.5. The molecule has 0 fully saturated rings. The Balaban J connectivity index is 2.76. The molecular weight excluding hydrogens is 275 g/mol. The topological polar surface area (TPSA) is 62.6 Å². The summed E-state index contributed by atoms with van der Waals surface area (Å²) in [6.07, 6.45) is 2.05. The molecule has 18 heavy (non-hydrogen) atoms. The van der Waals surface area contributed by atoms with Crippen molar-refractivity contribution in [3.8, 4) is 11.5 Å². The average molecular weight is 291 g/mol. The van der Waals surface area contributed by atoms with E-state index in [9.17, 15) is 4.79 Å². The first-order valence-corrected chi connectivity index (χ1v) is 7.86. The van der Waals surface area contributed by atoms with Crippen LogP contribution >= 0.6 is 6.92 Å². The summed E-state index contributed by atoms with van der Waals surface area (Å²) >= 11 is 5.19. The number of ether oxygens (including phenoxy) is 2. The van der Waals surface area contributed by atoms with Crippen LogP contribution < -0.4 is 14.8 Å². The summed E-state index contributed by atoms with van der Waals surface area (Å²) in [6.45, 7) is 1.99. The van der Waals surface area contributed by atoms with Gasteiger partial charge in [0.2, 0.25) is 17.6 Å². The van der Waals surface area contributed by atoms with Crippen molar-refractivity contribution in [3.05, 3.63) is 16.6 Å². The minimum atomic E-state index is -1.12. The number of aryl methyl sites for hydroxylation is 1. The SMILES string of the molecule is CCOCC[P+](=S)Oc1cnn(C)c(=O)c1OC. The molecule has 0 amide bonds. The van der Waals surface area contributed by atoms with Gasteiger partial charge in [0, 0.05) is 13.7 Å². The van der Waals surface area contributed by atoms with Gasteiger partial charge in [-0.05, 0) is 6.92 Å². The molecule has 0 saturated heterocycles. The molecule has 0 spiro atoms. The fourth-order valence-electron chi connectivity index (χ4n) is 1.19. The first kappa shape index (κ1) is 15.0. The zero-order valence-electron chi connectivity index (χ0n) is 10.6. The Bertz CT molecular complexity index is 477. The summed E-state index contributed by atoms with van der Waals surface area (Å²) in [4.78, 5) is 11.7. The summed E-state index contributed by atoms with van der Waals surface area (Å²) in [7, 11) is 2.95. The number of hydrogen-bond acceptors (Lipinski definition) is 6. The van der Waals surface area contributed by atoms with E-state index in [2.05, 4.69) is 5.10 Å². The van der Waals surface area contributed by atoms with Crippen molar-refractivity contribution in [3.63, 3.8) is 0 Å². The lowest BCUT2D eigenvalue weighted by molar-refractivity contribution is 0.163. The molecule has 0 saturated carbocycles. The van der Waals surface area contributed by atoms with E-state index in [1.807, 2.05) is 6.92 Å². The molecule has 1 atom stereocenters. The maximum Gasteiger partial charge on any atom is 0.390 e. The van der Waals surface area contributed by atoms with Crippen LogP contribution in [0.3, 0.4) is 0 Å². The number of methoxy groups -OCH3 is 1. The lowest BCUT2D eigenvalue weighted by Gasteiger charge is -2.04. The molecule has 100 valence electrons. The Morgan fingerprint density at radius 3 is 2.89 bits per heavy atom. The molecule has 1 aromatic rings. The highest BCUT2D eigenvalue weighted by atomic mass is 32.4. The maximum absolute atomic E-state index is 11.7. The largest absolute Gasteiger partial charge is 0.488 e. The summed E-state index contributed by atoms with van der Waals surface area (Å²) in [6, 6.07) is 0. The van der Waals surface area contributed by atoms with E-state index < -0.39 is 6.92 Å². The second-order valence-corrected chi connectivity index (χ2v) is 5.83. The third kappa shape index (κ3) is 4.01. The van der Waals surface area contributed by atoms with Gasteiger partial charge in [-0.15, -0.1) is 0 Å². The van der Waals surface area contributed by atoms with Gasteiger partial charge in [0.15, 0.2) is 6.16 Å². The van der Waals surface area contributed by atoms with Gasteiger partial charge >= 0.3 is 12.5 Å². The highest BCUT2D eigenvalue weighted by Crippen LogP contribution is 2.31. The van der Waals surface area contributed by atoms with E-state index >= 15 is 0 Å². The molecule has 1 rings (SSSR count). The Morgan fingerprint density at radius 1 is 1.56 bits per heavy atom. The van der Waals surface area contributed by atoms with E-state index in [0.717, 1.165) is 0 Å². The second-order valence-electron chi connectivity index (χ2n) is 3.32. The fraction of sp³-hybridized carbons (Fsp3) is 0.600. The third-order valence-corrected chi connectivity index (χ3v) is 3.81. The van der Waals surface area contributed by atoms with Crippen LogP contribution in [0.2, 0.25) is 0 Å². The van der Waals surface area contributed by atoms with Crippen molar-refractivity contribution in [2.45, 2.75) is 6.92 Å². The van der Waals surface area contributed by atoms with Crippen LogP contribution in [-0.2, 0) is 23.6 Å². The minimum Gasteiger partial charge on any atom is -0.488 e. The zero-order valence-corrected chi connectivity index (χ0v) is 12.3. The molecular formula is C10H16N2O4PS+. The van der Waals surface area contributed by atoms with Gasteiger partial charge in [0.25, 0.3) is 5.75 Å². The molecule has 0 radical (unpaired) electrons. The van der Waals surface area contributed by atoms with Gasteiger partial charge < -0.3 is 9.47 Å². The average Bonchev–Trinajstić information content (AvgIpc) is 2.35. The van der Waals surface area contributed by atoms with Crippen LogP contribution in [0.5, 0.6) is 11.5 Å². The highest BCUT2D eigenvalue weighted by Gasteiger charge is 2.20. The summed E-state index contributed by atoms with van der Waals surface area (Å²) in [5, 5.41) is 3.87. The monoisotopic (exact) mass is 291 g/mol. The van der Waals surface area contributed by atoms with Crippen LogP contribution in [0.4, 0.5) is 0 Å². The van der Waals surface area contributed by atoms with Gasteiger partial charge in [0.1, 0.15) is 0 Å². The van der Waals surface area contributed by atoms with Crippen molar-refractivity contribution < 1.29 is 14.0 Å². The maximum atomic E-state index is 11.7. The fourth-order valence-corrected chi connectivity index (χ4v) is 2.38. The molecule has 0 aliphatic rings. The van der Waals surface area contributed by atoms with Gasteiger partial charge in [-0.25, -0.2) is 4.68 Å². The quantitative estimate of drug-likeness (QED) is 0.553. The Morgan fingerprint density at radius 2 is 2.28 bits per heavy atom. The normalized spacial score (nSPS) is 11.2. The molecule has 1 heterocycles. The predicted molar refractivity (Wildman–Crippen MR) is 72.3 cm³/mol. The number of nitrogens with zero attached hydrogens (tertiary/aromatic N) is 2. The molecule has 1 aromatic heterocycles. The van der Waals surface area contributed by atoms with Gasteiger partial charge in [-0.3, -0.25) is 9.32 Å². The third-order valence-electron chi connectivity index (χ3n) is 2.09. The van der Waals surface area contributed by atoms with Crippen LogP contribution in [0, 0.1) is 0 Å². The van der Waals surface area contributed by atoms with Gasteiger partial charge in [0.05, 0.1) is 19.9 Å². The van der Waals surface area contributed by atoms with Crippen molar-refractivity contribution in [1.82, 2.24) is 9.78 Å². The molecule has 0 bridgehead atoms. The molecule has 8 heteroatoms. The van der Waals surface area contributed by atoms with E-state index in [0.29, 0.717) is 25.1 Å². The van der Waals surface area contributed by atoms with E-state index in [1.165, 1.54) is 18.0 Å². The van der Waals surface area contributed by atoms with E-state index in [-0.39, 0.29) is 11.3 Å². The summed E-state index contributed by atoms with van der Waals surface area (Å²) in [5.74, 6) is 0.416. The molecule has 0 N–H and O–H groups in total. The number of hydrogen-bond donors (Lipinski definition) is 0. The lowest BCUT2D eigenvalue weighted by Crippen LogP contribution is -2.21. The van der Waals surface area contributed by atoms with Crippen LogP contribution in [0.25, 0.3) is 0 Å². The first-order chi connectivity index (χ1) is 8.60. The summed E-state index contributed by atoms with van der Waals surface area (Å²) in [5.41, 5.74) is -0.349. The predicted octanol–water partition coefficient (Wildman–Crippen LogP) is 1.06. The molecule has 0 aliphatic carbocycles. The second kappa shape index (κ2) is 7.41. The van der Waals surface area contributed by atoms with Crippen LogP contribution in [0.1, 0.15) is 6.92 Å². The minimum absolute atomic E-state index is 0.126. The first-order valence-electron chi connectivity index (χ1n) is 5.40. The molecule has 1 unspecified atom stereocenters. The van der Waals surface area contributed by atoms with Crippen LogP contribution in [0.15, 0.2) is 11.0 Å². The Labute approximate surface area is 111 Å². The van der Waals surface area contributed by atoms with Crippen molar-refractivity contribution in [2.75, 3.05) is 26.5 Å². The van der Waals surface area contributed by atoms with Crippen molar-refractivity contribution in [2.24, 2.45) is 7.05 Å². The molecule has 6 nitrogen and oxygen atoms in total. The van der Waals surface area contributed by atoms with E-state index in [4.69, 9.17) is 25.8 Å². The summed E-state index contributed by atoms with van der Waals surface area (Å²) < 4.78 is 16.9. The number of aromatic nitrogens is 2. The Hall–Kier alpha value is -1.04. The molecule has 0 aliphatic heterocycles. The van der Waals surface area contributed by atoms with Crippen molar-refractivity contribution >= 4 is 18.7 Å². The van der Waals surface area contributed by atoms with E-state index in [1.54, 1.807) is 7.05 Å². The smallest absolute Gasteiger partial charge is 0.390 e. The van der Waals surface area contributed by atoms with Crippen molar-refractivity contribution in [1.29, 1.82) is 0 Å². The van der Waals surface area contributed by atoms with Gasteiger partial charge in [-0.2, -0.15) is 5.10 Å². The Kier molecular flexibility index (Phi) is 6.18. The molecule has 0 aromatic carbocycles. The zero-order chi connectivity index (χ0) is 13.5. The van der Waals surface area contributed by atoms with Crippen LogP contribution in [-0.4, -0.2) is 36.3 Å². The standard InChI is InChI=1S/C10H16N2O4PS/c1-4-15-5-6-17(18)16-8-7-11-12(2)10(13)9(8)14-3/h7H,4-6H2,1-3H3/q+1. The highest BCUT2D eigenvalue weighted by molar-refractivity contribution is 8.03. The number of rotatable bonds is 7.